The van der Waals surface area contributed by atoms with E-state index >= 15 is 0 Å². The van der Waals surface area contributed by atoms with E-state index in [1.807, 2.05) is 18.5 Å². The summed E-state index contributed by atoms with van der Waals surface area (Å²) in [6.45, 7) is 4.00. The van der Waals surface area contributed by atoms with Crippen LogP contribution < -0.4 is 9.64 Å². The Labute approximate surface area is 167 Å². The average Bonchev–Trinajstić information content (AvgIpc) is 3.16. The first kappa shape index (κ1) is 17.8. The molecular formula is C21H21FN6O. The van der Waals surface area contributed by atoms with Crippen LogP contribution in [0.2, 0.25) is 0 Å². The SMILES string of the molecule is COc1cc2c(-c3cnn4cc(N5CCN(C)CC5)cnc34)ccnc2cc1F. The number of fused-ring (bicyclic) bond motifs is 2. The number of anilines is 1. The number of likely N-dealkylation sites (N-methyl/N-ethyl adjacent to an activating group) is 1. The van der Waals surface area contributed by atoms with Crippen LogP contribution in [0.5, 0.6) is 5.75 Å². The van der Waals surface area contributed by atoms with Gasteiger partial charge >= 0.3 is 0 Å². The van der Waals surface area contributed by atoms with Gasteiger partial charge in [-0.05, 0) is 24.7 Å². The maximum atomic E-state index is 14.1. The van der Waals surface area contributed by atoms with Crippen molar-refractivity contribution in [3.05, 3.63) is 48.8 Å². The Balaban J connectivity index is 1.59. The highest BCUT2D eigenvalue weighted by Crippen LogP contribution is 2.33. The second kappa shape index (κ2) is 6.97. The fraction of sp³-hybridized carbons (Fsp3) is 0.286. The molecule has 1 aliphatic rings. The minimum Gasteiger partial charge on any atom is -0.494 e. The molecule has 4 heterocycles. The van der Waals surface area contributed by atoms with E-state index in [1.54, 1.807) is 23.0 Å². The molecule has 1 aromatic carbocycles. The molecule has 1 saturated heterocycles. The second-order valence-corrected chi connectivity index (χ2v) is 7.29. The molecule has 1 fully saturated rings. The van der Waals surface area contributed by atoms with Crippen LogP contribution in [0.15, 0.2) is 43.0 Å². The highest BCUT2D eigenvalue weighted by molar-refractivity contribution is 5.98. The summed E-state index contributed by atoms with van der Waals surface area (Å²) in [5, 5.41) is 5.32. The molecule has 0 aliphatic carbocycles. The number of halogens is 1. The van der Waals surface area contributed by atoms with Gasteiger partial charge in [-0.1, -0.05) is 0 Å². The zero-order valence-corrected chi connectivity index (χ0v) is 16.3. The number of pyridine rings is 1. The monoisotopic (exact) mass is 392 g/mol. The van der Waals surface area contributed by atoms with Crippen LogP contribution >= 0.6 is 0 Å². The third-order valence-corrected chi connectivity index (χ3v) is 5.52. The van der Waals surface area contributed by atoms with Crippen molar-refractivity contribution in [1.29, 1.82) is 0 Å². The number of methoxy groups -OCH3 is 1. The highest BCUT2D eigenvalue weighted by Gasteiger charge is 2.18. The molecule has 0 N–H and O–H groups in total. The smallest absolute Gasteiger partial charge is 0.167 e. The zero-order chi connectivity index (χ0) is 20.0. The first-order valence-electron chi connectivity index (χ1n) is 9.53. The molecule has 0 unspecified atom stereocenters. The van der Waals surface area contributed by atoms with Gasteiger partial charge in [0.05, 0.1) is 36.9 Å². The second-order valence-electron chi connectivity index (χ2n) is 7.29. The number of ether oxygens (including phenoxy) is 1. The quantitative estimate of drug-likeness (QED) is 0.534. The van der Waals surface area contributed by atoms with Crippen LogP contribution in [-0.4, -0.2) is 64.8 Å². The minimum atomic E-state index is -0.431. The molecular weight excluding hydrogens is 371 g/mol. The summed E-state index contributed by atoms with van der Waals surface area (Å²) in [7, 11) is 3.59. The standard InChI is InChI=1S/C21H21FN6O/c1-26-5-7-27(8-6-26)14-11-24-21-17(12-25-28(21)13-14)15-3-4-23-19-10-18(22)20(29-2)9-16(15)19/h3-4,9-13H,5-8H2,1-2H3. The van der Waals surface area contributed by atoms with E-state index in [2.05, 4.69) is 26.9 Å². The Morgan fingerprint density at radius 2 is 1.86 bits per heavy atom. The summed E-state index contributed by atoms with van der Waals surface area (Å²) in [6.07, 6.45) is 7.38. The number of hydrogen-bond donors (Lipinski definition) is 0. The van der Waals surface area contributed by atoms with Gasteiger partial charge in [0.2, 0.25) is 0 Å². The predicted octanol–water partition coefficient (Wildman–Crippen LogP) is 2.84. The Hall–Kier alpha value is -3.26. The highest BCUT2D eigenvalue weighted by atomic mass is 19.1. The van der Waals surface area contributed by atoms with Crippen molar-refractivity contribution in [3.8, 4) is 16.9 Å². The van der Waals surface area contributed by atoms with Gasteiger partial charge in [-0.25, -0.2) is 13.9 Å². The van der Waals surface area contributed by atoms with Gasteiger partial charge in [0.25, 0.3) is 0 Å². The largest absolute Gasteiger partial charge is 0.494 e. The van der Waals surface area contributed by atoms with Crippen molar-refractivity contribution in [2.24, 2.45) is 0 Å². The first-order valence-corrected chi connectivity index (χ1v) is 9.53. The van der Waals surface area contributed by atoms with Gasteiger partial charge in [0.1, 0.15) is 0 Å². The number of nitrogens with zero attached hydrogens (tertiary/aromatic N) is 6. The third kappa shape index (κ3) is 3.05. The van der Waals surface area contributed by atoms with Crippen LogP contribution in [0.25, 0.3) is 27.7 Å². The van der Waals surface area contributed by atoms with Crippen LogP contribution in [0.1, 0.15) is 0 Å². The lowest BCUT2D eigenvalue weighted by atomic mass is 10.0. The molecule has 0 atom stereocenters. The molecule has 3 aromatic heterocycles. The lowest BCUT2D eigenvalue weighted by Crippen LogP contribution is -2.44. The van der Waals surface area contributed by atoms with E-state index in [9.17, 15) is 4.39 Å². The molecule has 0 saturated carbocycles. The Bertz CT molecular complexity index is 1200. The zero-order valence-electron chi connectivity index (χ0n) is 16.3. The Morgan fingerprint density at radius 1 is 1.03 bits per heavy atom. The van der Waals surface area contributed by atoms with Gasteiger partial charge in [-0.3, -0.25) is 4.98 Å². The van der Waals surface area contributed by atoms with Gasteiger partial charge < -0.3 is 14.5 Å². The lowest BCUT2D eigenvalue weighted by Gasteiger charge is -2.33. The lowest BCUT2D eigenvalue weighted by molar-refractivity contribution is 0.312. The molecule has 148 valence electrons. The molecule has 4 aromatic rings. The van der Waals surface area contributed by atoms with Crippen molar-refractivity contribution in [2.75, 3.05) is 45.2 Å². The van der Waals surface area contributed by atoms with E-state index in [4.69, 9.17) is 9.72 Å². The molecule has 0 radical (unpaired) electrons. The van der Waals surface area contributed by atoms with E-state index in [0.717, 1.165) is 54.0 Å². The molecule has 1 aliphatic heterocycles. The molecule has 0 bridgehead atoms. The Morgan fingerprint density at radius 3 is 2.66 bits per heavy atom. The topological polar surface area (TPSA) is 58.8 Å². The third-order valence-electron chi connectivity index (χ3n) is 5.52. The molecule has 7 nitrogen and oxygen atoms in total. The predicted molar refractivity (Wildman–Crippen MR) is 110 cm³/mol. The fourth-order valence-corrected chi connectivity index (χ4v) is 3.82. The normalized spacial score (nSPS) is 15.3. The molecule has 8 heteroatoms. The van der Waals surface area contributed by atoms with Gasteiger partial charge in [-0.2, -0.15) is 5.10 Å². The number of rotatable bonds is 3. The van der Waals surface area contributed by atoms with Crippen molar-refractivity contribution < 1.29 is 9.13 Å². The maximum Gasteiger partial charge on any atom is 0.167 e. The number of aromatic nitrogens is 4. The number of piperazine rings is 1. The molecule has 0 amide bonds. The van der Waals surface area contributed by atoms with Crippen LogP contribution in [0.3, 0.4) is 0 Å². The first-order chi connectivity index (χ1) is 14.1. The van der Waals surface area contributed by atoms with E-state index in [0.29, 0.717) is 5.52 Å². The van der Waals surface area contributed by atoms with E-state index in [1.165, 1.54) is 13.2 Å². The van der Waals surface area contributed by atoms with E-state index in [-0.39, 0.29) is 5.75 Å². The Kier molecular flexibility index (Phi) is 4.28. The van der Waals surface area contributed by atoms with Crippen molar-refractivity contribution in [2.45, 2.75) is 0 Å². The van der Waals surface area contributed by atoms with Crippen LogP contribution in [0.4, 0.5) is 10.1 Å². The molecule has 5 rings (SSSR count). The molecule has 29 heavy (non-hydrogen) atoms. The summed E-state index contributed by atoms with van der Waals surface area (Å²) in [5.41, 5.74) is 4.13. The molecule has 0 spiro atoms. The van der Waals surface area contributed by atoms with Gasteiger partial charge in [0, 0.05) is 49.4 Å². The van der Waals surface area contributed by atoms with Crippen molar-refractivity contribution in [3.63, 3.8) is 0 Å². The fourth-order valence-electron chi connectivity index (χ4n) is 3.82. The minimum absolute atomic E-state index is 0.188. The summed E-state index contributed by atoms with van der Waals surface area (Å²) in [4.78, 5) is 13.6. The summed E-state index contributed by atoms with van der Waals surface area (Å²) in [5.74, 6) is -0.243. The number of benzene rings is 1. The van der Waals surface area contributed by atoms with Crippen molar-refractivity contribution >= 4 is 22.2 Å². The van der Waals surface area contributed by atoms with Gasteiger partial charge in [0.15, 0.2) is 17.2 Å². The number of hydrogen-bond acceptors (Lipinski definition) is 6. The van der Waals surface area contributed by atoms with E-state index < -0.39 is 5.82 Å². The van der Waals surface area contributed by atoms with Crippen molar-refractivity contribution in [1.82, 2.24) is 24.5 Å². The maximum absolute atomic E-state index is 14.1. The average molecular weight is 392 g/mol. The summed E-state index contributed by atoms with van der Waals surface area (Å²) in [6, 6.07) is 4.96. The van der Waals surface area contributed by atoms with Crippen LogP contribution in [-0.2, 0) is 0 Å². The van der Waals surface area contributed by atoms with Crippen LogP contribution in [0, 0.1) is 5.82 Å². The van der Waals surface area contributed by atoms with Gasteiger partial charge in [-0.15, -0.1) is 0 Å². The summed E-state index contributed by atoms with van der Waals surface area (Å²) >= 11 is 0. The summed E-state index contributed by atoms with van der Waals surface area (Å²) < 4.78 is 21.0.